The maximum Gasteiger partial charge on any atom is 0.221 e. The molecule has 0 atom stereocenters. The molecule has 1 fully saturated rings. The molecule has 2 aromatic carbocycles. The van der Waals surface area contributed by atoms with Crippen LogP contribution >= 0.6 is 11.3 Å². The topological polar surface area (TPSA) is 82.6 Å². The number of fused-ring (bicyclic) bond motifs is 1. The zero-order valence-electron chi connectivity index (χ0n) is 18.5. The van der Waals surface area contributed by atoms with E-state index < -0.39 is 15.7 Å². The van der Waals surface area contributed by atoms with Gasteiger partial charge >= 0.3 is 0 Å². The van der Waals surface area contributed by atoms with E-state index in [0.717, 1.165) is 49.0 Å². The number of nitrogens with one attached hydrogen (secondary N) is 1. The summed E-state index contributed by atoms with van der Waals surface area (Å²) in [5.41, 5.74) is 2.27. The normalized spacial score (nSPS) is 15.2. The van der Waals surface area contributed by atoms with Crippen LogP contribution in [0.25, 0.3) is 10.2 Å². The summed E-state index contributed by atoms with van der Waals surface area (Å²) in [4.78, 5) is 21.5. The van der Waals surface area contributed by atoms with Gasteiger partial charge in [0.1, 0.15) is 5.82 Å². The summed E-state index contributed by atoms with van der Waals surface area (Å²) in [5.74, 6) is -1.10. The minimum absolute atomic E-state index is 0.0258. The van der Waals surface area contributed by atoms with Crippen LogP contribution in [-0.4, -0.2) is 69.2 Å². The largest absolute Gasteiger partial charge is 0.355 e. The predicted octanol–water partition coefficient (Wildman–Crippen LogP) is 2.85. The van der Waals surface area contributed by atoms with Crippen molar-refractivity contribution in [3.05, 3.63) is 53.8 Å². The Morgan fingerprint density at radius 2 is 1.85 bits per heavy atom. The molecule has 1 aromatic heterocycles. The first-order valence-corrected chi connectivity index (χ1v) is 13.4. The number of amides is 1. The predicted molar refractivity (Wildman–Crippen MR) is 129 cm³/mol. The van der Waals surface area contributed by atoms with Crippen LogP contribution in [0.1, 0.15) is 12.0 Å². The highest BCUT2D eigenvalue weighted by Crippen LogP contribution is 2.30. The van der Waals surface area contributed by atoms with Gasteiger partial charge in [-0.25, -0.2) is 17.8 Å². The molecule has 0 unspecified atom stereocenters. The third-order valence-corrected chi connectivity index (χ3v) is 8.51. The average Bonchev–Trinajstić information content (AvgIpc) is 3.22. The van der Waals surface area contributed by atoms with Crippen molar-refractivity contribution in [2.75, 3.05) is 49.9 Å². The highest BCUT2D eigenvalue weighted by molar-refractivity contribution is 7.91. The fourth-order valence-corrected chi connectivity index (χ4v) is 6.10. The van der Waals surface area contributed by atoms with E-state index in [0.29, 0.717) is 13.1 Å². The molecule has 1 aliphatic rings. The Kier molecular flexibility index (Phi) is 7.26. The molecule has 3 aromatic rings. The monoisotopic (exact) mass is 490 g/mol. The first-order valence-electron chi connectivity index (χ1n) is 10.9. The first kappa shape index (κ1) is 23.6. The maximum absolute atomic E-state index is 13.0. The number of hydrogen-bond acceptors (Lipinski definition) is 7. The number of aryl methyl sites for hydroxylation is 1. The SMILES string of the molecule is Cc1ccc2nc(N3CCN(CCNC(=O)CCS(=O)(=O)c4ccc(F)cc4)CC3)sc2c1. The fourth-order valence-electron chi connectivity index (χ4n) is 3.75. The van der Waals surface area contributed by atoms with Crippen molar-refractivity contribution in [2.24, 2.45) is 0 Å². The van der Waals surface area contributed by atoms with Gasteiger partial charge in [-0.2, -0.15) is 0 Å². The van der Waals surface area contributed by atoms with Crippen molar-refractivity contribution < 1.29 is 17.6 Å². The van der Waals surface area contributed by atoms with Crippen LogP contribution in [0.3, 0.4) is 0 Å². The van der Waals surface area contributed by atoms with Crippen LogP contribution in [0.2, 0.25) is 0 Å². The van der Waals surface area contributed by atoms with E-state index in [4.69, 9.17) is 4.98 Å². The van der Waals surface area contributed by atoms with Gasteiger partial charge in [0.05, 0.1) is 20.9 Å². The Bertz CT molecular complexity index is 1220. The second-order valence-corrected chi connectivity index (χ2v) is 11.3. The number of carbonyl (C=O) groups excluding carboxylic acids is 1. The van der Waals surface area contributed by atoms with Gasteiger partial charge in [-0.3, -0.25) is 9.69 Å². The zero-order valence-corrected chi connectivity index (χ0v) is 20.1. The zero-order chi connectivity index (χ0) is 23.4. The number of thiazole rings is 1. The van der Waals surface area contributed by atoms with E-state index in [2.05, 4.69) is 40.2 Å². The fraction of sp³-hybridized carbons (Fsp3) is 0.391. The van der Waals surface area contributed by atoms with Gasteiger partial charge in [-0.15, -0.1) is 0 Å². The summed E-state index contributed by atoms with van der Waals surface area (Å²) in [6.07, 6.45) is -0.120. The van der Waals surface area contributed by atoms with Crippen LogP contribution in [0.4, 0.5) is 9.52 Å². The lowest BCUT2D eigenvalue weighted by molar-refractivity contribution is -0.120. The summed E-state index contributed by atoms with van der Waals surface area (Å²) < 4.78 is 38.7. The van der Waals surface area contributed by atoms with Crippen LogP contribution in [0.15, 0.2) is 47.4 Å². The summed E-state index contributed by atoms with van der Waals surface area (Å²) in [7, 11) is -3.61. The second kappa shape index (κ2) is 10.1. The van der Waals surface area contributed by atoms with Crippen molar-refractivity contribution in [3.8, 4) is 0 Å². The van der Waals surface area contributed by atoms with Crippen LogP contribution in [-0.2, 0) is 14.6 Å². The highest BCUT2D eigenvalue weighted by Gasteiger charge is 2.20. The average molecular weight is 491 g/mol. The van der Waals surface area contributed by atoms with Crippen LogP contribution in [0.5, 0.6) is 0 Å². The number of aromatic nitrogens is 1. The third-order valence-electron chi connectivity index (χ3n) is 5.70. The Morgan fingerprint density at radius 1 is 1.12 bits per heavy atom. The molecule has 1 aliphatic heterocycles. The minimum atomic E-state index is -3.61. The van der Waals surface area contributed by atoms with Crippen LogP contribution < -0.4 is 10.2 Å². The molecule has 4 rings (SSSR count). The van der Waals surface area contributed by atoms with Crippen LogP contribution in [0, 0.1) is 12.7 Å². The Hall–Kier alpha value is -2.56. The lowest BCUT2D eigenvalue weighted by Crippen LogP contribution is -2.48. The Labute approximate surface area is 197 Å². The number of nitrogens with zero attached hydrogens (tertiary/aromatic N) is 3. The van der Waals surface area contributed by atoms with Gasteiger partial charge in [0, 0.05) is 45.7 Å². The van der Waals surface area contributed by atoms with Crippen molar-refractivity contribution in [1.82, 2.24) is 15.2 Å². The Balaban J connectivity index is 1.17. The first-order chi connectivity index (χ1) is 15.8. The van der Waals surface area contributed by atoms with E-state index in [1.54, 1.807) is 11.3 Å². The molecule has 0 bridgehead atoms. The van der Waals surface area contributed by atoms with Gasteiger partial charge in [0.25, 0.3) is 0 Å². The summed E-state index contributed by atoms with van der Waals surface area (Å²) in [6.45, 7) is 6.78. The lowest BCUT2D eigenvalue weighted by atomic mass is 10.2. The minimum Gasteiger partial charge on any atom is -0.355 e. The standard InChI is InChI=1S/C23H27FN4O3S2/c1-17-2-7-20-21(16-17)32-23(26-20)28-13-11-27(12-14-28)10-9-25-22(29)8-15-33(30,31)19-5-3-18(24)4-6-19/h2-7,16H,8-15H2,1H3,(H,25,29). The number of halogens is 1. The molecule has 1 N–H and O–H groups in total. The number of anilines is 1. The van der Waals surface area contributed by atoms with Gasteiger partial charge in [0.15, 0.2) is 15.0 Å². The molecule has 0 aliphatic carbocycles. The number of piperazine rings is 1. The van der Waals surface area contributed by atoms with E-state index in [1.165, 1.54) is 22.4 Å². The molecule has 33 heavy (non-hydrogen) atoms. The number of rotatable bonds is 8. The van der Waals surface area contributed by atoms with E-state index in [-0.39, 0.29) is 23.0 Å². The smallest absolute Gasteiger partial charge is 0.221 e. The number of benzene rings is 2. The third kappa shape index (κ3) is 6.07. The maximum atomic E-state index is 13.0. The molecule has 1 saturated heterocycles. The molecule has 7 nitrogen and oxygen atoms in total. The molecular formula is C23H27FN4O3S2. The van der Waals surface area contributed by atoms with E-state index in [9.17, 15) is 17.6 Å². The molecule has 0 saturated carbocycles. The van der Waals surface area contributed by atoms with Gasteiger partial charge in [0.2, 0.25) is 5.91 Å². The molecule has 10 heteroatoms. The molecule has 2 heterocycles. The summed E-state index contributed by atoms with van der Waals surface area (Å²) >= 11 is 1.72. The van der Waals surface area contributed by atoms with E-state index in [1.807, 2.05) is 0 Å². The van der Waals surface area contributed by atoms with Gasteiger partial charge in [-0.1, -0.05) is 17.4 Å². The molecule has 176 valence electrons. The highest BCUT2D eigenvalue weighted by atomic mass is 32.2. The molecule has 0 radical (unpaired) electrons. The van der Waals surface area contributed by atoms with Crippen molar-refractivity contribution in [1.29, 1.82) is 0 Å². The van der Waals surface area contributed by atoms with Crippen molar-refractivity contribution >= 4 is 42.4 Å². The second-order valence-electron chi connectivity index (χ2n) is 8.17. The van der Waals surface area contributed by atoms with Crippen molar-refractivity contribution in [3.63, 3.8) is 0 Å². The number of sulfone groups is 1. The summed E-state index contributed by atoms with van der Waals surface area (Å²) in [6, 6.07) is 11.0. The molecule has 0 spiro atoms. The number of carbonyl (C=O) groups is 1. The van der Waals surface area contributed by atoms with Crippen molar-refractivity contribution in [2.45, 2.75) is 18.2 Å². The lowest BCUT2D eigenvalue weighted by Gasteiger charge is -2.34. The van der Waals surface area contributed by atoms with Gasteiger partial charge in [-0.05, 0) is 48.9 Å². The van der Waals surface area contributed by atoms with E-state index >= 15 is 0 Å². The van der Waals surface area contributed by atoms with Gasteiger partial charge < -0.3 is 10.2 Å². The molecule has 1 amide bonds. The number of hydrogen-bond donors (Lipinski definition) is 1. The Morgan fingerprint density at radius 3 is 2.58 bits per heavy atom. The summed E-state index contributed by atoms with van der Waals surface area (Å²) in [5, 5.41) is 3.85. The quantitative estimate of drug-likeness (QED) is 0.489. The molecular weight excluding hydrogens is 463 g/mol.